The highest BCUT2D eigenvalue weighted by Crippen LogP contribution is 2.30. The fourth-order valence-corrected chi connectivity index (χ4v) is 2.50. The van der Waals surface area contributed by atoms with Gasteiger partial charge in [0.05, 0.1) is 0 Å². The Morgan fingerprint density at radius 2 is 1.52 bits per heavy atom. The quantitative estimate of drug-likeness (QED) is 0.728. The Bertz CT molecular complexity index is 895. The molecule has 0 heterocycles. The monoisotopic (exact) mass is 303 g/mol. The molecule has 3 rings (SSSR count). The van der Waals surface area contributed by atoms with Gasteiger partial charge in [0, 0.05) is 22.0 Å². The van der Waals surface area contributed by atoms with Crippen LogP contribution in [0.1, 0.15) is 22.8 Å². The molecule has 0 saturated carbocycles. The maximum Gasteiger partial charge on any atom is 0.255 e. The molecule has 0 fully saturated rings. The van der Waals surface area contributed by atoms with Gasteiger partial charge < -0.3 is 10.4 Å². The van der Waals surface area contributed by atoms with E-state index in [0.717, 1.165) is 16.5 Å². The smallest absolute Gasteiger partial charge is 0.255 e. The van der Waals surface area contributed by atoms with E-state index in [1.807, 2.05) is 43.3 Å². The van der Waals surface area contributed by atoms with Crippen LogP contribution in [0.5, 0.6) is 5.75 Å². The Morgan fingerprint density at radius 1 is 0.913 bits per heavy atom. The van der Waals surface area contributed by atoms with E-state index in [1.54, 1.807) is 24.3 Å². The number of anilines is 1. The topological polar surface area (TPSA) is 49.3 Å². The van der Waals surface area contributed by atoms with Crippen LogP contribution in [0, 0.1) is 0 Å². The van der Waals surface area contributed by atoms with Crippen molar-refractivity contribution in [2.45, 2.75) is 6.92 Å². The lowest BCUT2D eigenvalue weighted by molar-refractivity contribution is 0.102. The first-order valence-corrected chi connectivity index (χ1v) is 7.34. The molecule has 0 aliphatic rings. The second-order valence-electron chi connectivity index (χ2n) is 5.49. The lowest BCUT2D eigenvalue weighted by atomic mass is 10.1. The lowest BCUT2D eigenvalue weighted by Gasteiger charge is -2.10. The van der Waals surface area contributed by atoms with Crippen molar-refractivity contribution in [3.05, 3.63) is 78.4 Å². The predicted molar refractivity (Wildman–Crippen MR) is 94.7 cm³/mol. The lowest BCUT2D eigenvalue weighted by Crippen LogP contribution is -2.12. The van der Waals surface area contributed by atoms with Crippen molar-refractivity contribution in [3.8, 4) is 5.75 Å². The number of phenolic OH excluding ortho intramolecular Hbond substituents is 1. The van der Waals surface area contributed by atoms with Gasteiger partial charge in [-0.3, -0.25) is 4.79 Å². The molecule has 0 unspecified atom stereocenters. The fourth-order valence-electron chi connectivity index (χ4n) is 2.50. The number of benzene rings is 3. The number of aromatic hydroxyl groups is 1. The summed E-state index contributed by atoms with van der Waals surface area (Å²) in [6.07, 6.45) is 0. The summed E-state index contributed by atoms with van der Waals surface area (Å²) in [6.45, 7) is 5.81. The first-order valence-electron chi connectivity index (χ1n) is 7.34. The van der Waals surface area contributed by atoms with Gasteiger partial charge in [-0.2, -0.15) is 0 Å². The summed E-state index contributed by atoms with van der Waals surface area (Å²) in [4.78, 5) is 12.4. The minimum Gasteiger partial charge on any atom is -0.507 e. The molecule has 0 bridgehead atoms. The number of hydrogen-bond acceptors (Lipinski definition) is 2. The summed E-state index contributed by atoms with van der Waals surface area (Å²) in [5.74, 6) is 0.0125. The highest BCUT2D eigenvalue weighted by Gasteiger charge is 2.09. The number of phenols is 1. The van der Waals surface area contributed by atoms with Gasteiger partial charge in [0.15, 0.2) is 0 Å². The van der Waals surface area contributed by atoms with Crippen LogP contribution in [0.2, 0.25) is 0 Å². The van der Waals surface area contributed by atoms with Crippen molar-refractivity contribution < 1.29 is 9.90 Å². The third kappa shape index (κ3) is 2.94. The number of allylic oxidation sites excluding steroid dienone is 1. The van der Waals surface area contributed by atoms with E-state index in [-0.39, 0.29) is 11.7 Å². The van der Waals surface area contributed by atoms with Gasteiger partial charge in [0.1, 0.15) is 5.75 Å². The minimum absolute atomic E-state index is 0.186. The summed E-state index contributed by atoms with van der Waals surface area (Å²) in [5.41, 5.74) is 3.22. The molecule has 3 aromatic carbocycles. The van der Waals surface area contributed by atoms with Gasteiger partial charge in [-0.05, 0) is 36.8 Å². The summed E-state index contributed by atoms with van der Waals surface area (Å²) >= 11 is 0. The van der Waals surface area contributed by atoms with E-state index in [1.165, 1.54) is 0 Å². The van der Waals surface area contributed by atoms with Crippen LogP contribution < -0.4 is 5.32 Å². The molecule has 0 spiro atoms. The molecular weight excluding hydrogens is 286 g/mol. The highest BCUT2D eigenvalue weighted by molar-refractivity contribution is 6.09. The first-order chi connectivity index (χ1) is 11.1. The predicted octanol–water partition coefficient (Wildman–Crippen LogP) is 4.83. The van der Waals surface area contributed by atoms with E-state index in [2.05, 4.69) is 11.9 Å². The molecular formula is C20H17NO2. The standard InChI is InChI=1S/C20H17NO2/c1-13(2)14-9-11-15(12-10-14)20(23)21-18-7-3-6-17-16(18)5-4-8-19(17)22/h3-12,22H,1H2,2H3,(H,21,23). The van der Waals surface area contributed by atoms with E-state index < -0.39 is 0 Å². The van der Waals surface area contributed by atoms with Gasteiger partial charge in [0.25, 0.3) is 5.91 Å². The van der Waals surface area contributed by atoms with E-state index in [0.29, 0.717) is 16.6 Å². The Morgan fingerprint density at radius 3 is 2.22 bits per heavy atom. The van der Waals surface area contributed by atoms with Crippen LogP contribution in [-0.4, -0.2) is 11.0 Å². The summed E-state index contributed by atoms with van der Waals surface area (Å²) in [6, 6.07) is 18.0. The van der Waals surface area contributed by atoms with E-state index in [4.69, 9.17) is 0 Å². The number of amides is 1. The highest BCUT2D eigenvalue weighted by atomic mass is 16.3. The number of hydrogen-bond donors (Lipinski definition) is 2. The van der Waals surface area contributed by atoms with Crippen molar-refractivity contribution in [1.82, 2.24) is 0 Å². The van der Waals surface area contributed by atoms with Crippen molar-refractivity contribution >= 4 is 27.9 Å². The Labute approximate surface area is 134 Å². The Balaban J connectivity index is 1.91. The average molecular weight is 303 g/mol. The summed E-state index contributed by atoms with van der Waals surface area (Å²) in [5, 5.41) is 14.3. The number of nitrogens with one attached hydrogen (secondary N) is 1. The summed E-state index contributed by atoms with van der Waals surface area (Å²) in [7, 11) is 0. The molecule has 0 aliphatic heterocycles. The zero-order valence-electron chi connectivity index (χ0n) is 12.8. The third-order valence-electron chi connectivity index (χ3n) is 3.79. The molecule has 3 aromatic rings. The van der Waals surface area contributed by atoms with Crippen LogP contribution in [0.4, 0.5) is 5.69 Å². The van der Waals surface area contributed by atoms with Gasteiger partial charge in [0.2, 0.25) is 0 Å². The van der Waals surface area contributed by atoms with Gasteiger partial charge >= 0.3 is 0 Å². The molecule has 0 saturated heterocycles. The van der Waals surface area contributed by atoms with E-state index >= 15 is 0 Å². The molecule has 0 aliphatic carbocycles. The Kier molecular flexibility index (Phi) is 3.85. The zero-order chi connectivity index (χ0) is 16.4. The molecule has 1 amide bonds. The minimum atomic E-state index is -0.186. The van der Waals surface area contributed by atoms with Crippen LogP contribution in [-0.2, 0) is 0 Å². The third-order valence-corrected chi connectivity index (χ3v) is 3.79. The van der Waals surface area contributed by atoms with Crippen LogP contribution in [0.25, 0.3) is 16.3 Å². The number of carbonyl (C=O) groups is 1. The normalized spacial score (nSPS) is 10.5. The molecule has 2 N–H and O–H groups in total. The van der Waals surface area contributed by atoms with Crippen LogP contribution >= 0.6 is 0 Å². The molecule has 3 nitrogen and oxygen atoms in total. The van der Waals surface area contributed by atoms with Crippen molar-refractivity contribution in [2.24, 2.45) is 0 Å². The number of fused-ring (bicyclic) bond motifs is 1. The SMILES string of the molecule is C=C(C)c1ccc(C(=O)Nc2cccc3c(O)cccc23)cc1. The Hall–Kier alpha value is -3.07. The average Bonchev–Trinajstić information content (AvgIpc) is 2.56. The number of carbonyl (C=O) groups excluding carboxylic acids is 1. The van der Waals surface area contributed by atoms with Gasteiger partial charge in [-0.1, -0.05) is 48.6 Å². The number of rotatable bonds is 3. The van der Waals surface area contributed by atoms with Crippen molar-refractivity contribution in [2.75, 3.05) is 5.32 Å². The second-order valence-corrected chi connectivity index (χ2v) is 5.49. The van der Waals surface area contributed by atoms with Crippen LogP contribution in [0.3, 0.4) is 0 Å². The molecule has 0 radical (unpaired) electrons. The maximum atomic E-state index is 12.4. The molecule has 0 atom stereocenters. The van der Waals surface area contributed by atoms with Crippen LogP contribution in [0.15, 0.2) is 67.2 Å². The van der Waals surface area contributed by atoms with E-state index in [9.17, 15) is 9.90 Å². The maximum absolute atomic E-state index is 12.4. The largest absolute Gasteiger partial charge is 0.507 e. The summed E-state index contributed by atoms with van der Waals surface area (Å²) < 4.78 is 0. The zero-order valence-corrected chi connectivity index (χ0v) is 12.8. The first kappa shape index (κ1) is 14.9. The van der Waals surface area contributed by atoms with Crippen molar-refractivity contribution in [1.29, 1.82) is 0 Å². The molecule has 0 aromatic heterocycles. The van der Waals surface area contributed by atoms with Crippen molar-refractivity contribution in [3.63, 3.8) is 0 Å². The van der Waals surface area contributed by atoms with Gasteiger partial charge in [-0.15, -0.1) is 0 Å². The fraction of sp³-hybridized carbons (Fsp3) is 0.0500. The molecule has 114 valence electrons. The van der Waals surface area contributed by atoms with Gasteiger partial charge in [-0.25, -0.2) is 0 Å². The molecule has 23 heavy (non-hydrogen) atoms. The molecule has 3 heteroatoms. The second kappa shape index (κ2) is 5.97.